The van der Waals surface area contributed by atoms with Crippen molar-refractivity contribution in [1.82, 2.24) is 9.80 Å². The molecule has 0 spiro atoms. The molecular formula is C50H50Cl2N2O10S. The van der Waals surface area contributed by atoms with E-state index in [1.165, 1.54) is 23.9 Å². The summed E-state index contributed by atoms with van der Waals surface area (Å²) in [4.78, 5) is 78.4. The van der Waals surface area contributed by atoms with Crippen molar-refractivity contribution in [3.8, 4) is 33.8 Å². The van der Waals surface area contributed by atoms with E-state index < -0.39 is 0 Å². The molecule has 4 aromatic rings. The summed E-state index contributed by atoms with van der Waals surface area (Å²) in [5.74, 6) is -0.422. The monoisotopic (exact) mass is 940 g/mol. The number of likely N-dealkylation sites (tertiary alicyclic amines) is 2. The SMILES string of the molecule is CCOC(=O)C1CCCN(C(=O)/C=C/c2ccc(Sc3ccc(/C=C/C(=O)N4CCCC(C(=O)OCC)C4)c(-c4ccc5c(c4)CCOO5)c3Cl)c(Cl)c2-c2ccc3c(c2)CCOO3)C1. The van der Waals surface area contributed by atoms with Gasteiger partial charge in [0.05, 0.1) is 48.3 Å². The summed E-state index contributed by atoms with van der Waals surface area (Å²) in [6, 6.07) is 19.3. The number of nitrogens with zero attached hydrogens (tertiary/aromatic N) is 2. The van der Waals surface area contributed by atoms with Gasteiger partial charge in [0.1, 0.15) is 0 Å². The molecule has 4 heterocycles. The molecule has 65 heavy (non-hydrogen) atoms. The molecule has 15 heteroatoms. The number of halogens is 2. The van der Waals surface area contributed by atoms with E-state index in [0.717, 1.165) is 43.2 Å². The number of hydrogen-bond donors (Lipinski definition) is 0. The lowest BCUT2D eigenvalue weighted by Gasteiger charge is -2.30. The fourth-order valence-electron chi connectivity index (χ4n) is 8.61. The van der Waals surface area contributed by atoms with Crippen LogP contribution in [0.4, 0.5) is 0 Å². The second-order valence-corrected chi connectivity index (χ2v) is 18.0. The van der Waals surface area contributed by atoms with Crippen LogP contribution in [-0.4, -0.2) is 86.2 Å². The van der Waals surface area contributed by atoms with Crippen LogP contribution in [0.1, 0.15) is 61.8 Å². The highest BCUT2D eigenvalue weighted by atomic mass is 35.5. The molecule has 4 aliphatic rings. The van der Waals surface area contributed by atoms with Crippen LogP contribution in [0.25, 0.3) is 34.4 Å². The molecule has 0 aliphatic carbocycles. The van der Waals surface area contributed by atoms with Gasteiger partial charge in [-0.2, -0.15) is 9.78 Å². The zero-order valence-electron chi connectivity index (χ0n) is 36.3. The van der Waals surface area contributed by atoms with Gasteiger partial charge in [-0.05, 0) is 110 Å². The molecule has 4 aliphatic heterocycles. The summed E-state index contributed by atoms with van der Waals surface area (Å²) < 4.78 is 10.5. The van der Waals surface area contributed by atoms with Crippen LogP contribution in [0.15, 0.2) is 82.6 Å². The number of carbonyl (C=O) groups excluding carboxylic acids is 4. The van der Waals surface area contributed by atoms with E-state index in [4.69, 9.17) is 52.2 Å². The average Bonchev–Trinajstić information content (AvgIpc) is 3.33. The molecule has 2 fully saturated rings. The predicted octanol–water partition coefficient (Wildman–Crippen LogP) is 9.84. The van der Waals surface area contributed by atoms with Gasteiger partial charge >= 0.3 is 11.9 Å². The minimum absolute atomic E-state index is 0.205. The Labute approximate surface area is 392 Å². The topological polar surface area (TPSA) is 130 Å². The van der Waals surface area contributed by atoms with Crippen LogP contribution in [0.2, 0.25) is 10.0 Å². The van der Waals surface area contributed by atoms with E-state index >= 15 is 0 Å². The van der Waals surface area contributed by atoms with E-state index in [1.807, 2.05) is 60.7 Å². The third-order valence-electron chi connectivity index (χ3n) is 11.9. The van der Waals surface area contributed by atoms with E-state index in [2.05, 4.69) is 0 Å². The van der Waals surface area contributed by atoms with E-state index in [1.54, 1.807) is 35.8 Å². The molecule has 12 nitrogen and oxygen atoms in total. The fourth-order valence-corrected chi connectivity index (χ4v) is 10.3. The summed E-state index contributed by atoms with van der Waals surface area (Å²) in [5, 5.41) is 0.914. The van der Waals surface area contributed by atoms with Crippen molar-refractivity contribution in [3.05, 3.63) is 105 Å². The minimum atomic E-state index is -0.355. The predicted molar refractivity (Wildman–Crippen MR) is 248 cm³/mol. The third-order valence-corrected chi connectivity index (χ3v) is 14.0. The number of hydrogen-bond acceptors (Lipinski definition) is 11. The van der Waals surface area contributed by atoms with Gasteiger partial charge in [0.2, 0.25) is 11.8 Å². The maximum atomic E-state index is 13.6. The first kappa shape index (κ1) is 46.2. The first-order valence-corrected chi connectivity index (χ1v) is 23.6. The standard InChI is InChI=1S/C50H50Cl2N2O10S/c1-3-59-49(57)37-7-5-23-53(29-37)43(55)19-13-31-11-17-41(47(51)45(31)35-9-15-39-33(27-35)21-25-61-63-39)65-42-18-12-32(14-20-44(56)54-24-6-8-38(30-54)50(58)60-4-2)46(48(42)52)36-10-16-40-34(28-36)22-26-62-64-40/h9-20,27-28,37-38H,3-8,21-26,29-30H2,1-2H3/b19-13+,20-14+. The summed E-state index contributed by atoms with van der Waals surface area (Å²) in [6.45, 7) is 6.65. The molecular weight excluding hydrogens is 892 g/mol. The number of carbonyl (C=O) groups is 4. The number of rotatable bonds is 12. The average molecular weight is 942 g/mol. The highest BCUT2D eigenvalue weighted by Gasteiger charge is 2.30. The maximum Gasteiger partial charge on any atom is 0.310 e. The Morgan fingerprint density at radius 2 is 1.11 bits per heavy atom. The number of fused-ring (bicyclic) bond motifs is 2. The molecule has 0 saturated carbocycles. The quantitative estimate of drug-likeness (QED) is 0.0765. The second-order valence-electron chi connectivity index (χ2n) is 16.2. The minimum Gasteiger partial charge on any atom is -0.466 e. The lowest BCUT2D eigenvalue weighted by atomic mass is 9.96. The molecule has 8 rings (SSSR count). The van der Waals surface area contributed by atoms with Crippen molar-refractivity contribution in [2.45, 2.75) is 62.2 Å². The first-order chi connectivity index (χ1) is 31.6. The summed E-state index contributed by atoms with van der Waals surface area (Å²) >= 11 is 16.3. The van der Waals surface area contributed by atoms with Crippen molar-refractivity contribution >= 4 is 70.9 Å². The molecule has 340 valence electrons. The number of benzene rings is 4. The largest absolute Gasteiger partial charge is 0.466 e. The lowest BCUT2D eigenvalue weighted by Crippen LogP contribution is -2.42. The fraction of sp³-hybridized carbons (Fsp3) is 0.360. The van der Waals surface area contributed by atoms with Crippen LogP contribution < -0.4 is 9.78 Å². The van der Waals surface area contributed by atoms with Gasteiger partial charge in [0.25, 0.3) is 0 Å². The second kappa shape index (κ2) is 21.3. The Kier molecular flexibility index (Phi) is 15.2. The van der Waals surface area contributed by atoms with Gasteiger partial charge in [-0.1, -0.05) is 59.2 Å². The Bertz CT molecular complexity index is 2360. The van der Waals surface area contributed by atoms with Crippen molar-refractivity contribution in [2.75, 3.05) is 52.6 Å². The van der Waals surface area contributed by atoms with Crippen LogP contribution >= 0.6 is 35.0 Å². The number of ether oxygens (including phenoxy) is 2. The van der Waals surface area contributed by atoms with Crippen molar-refractivity contribution in [3.63, 3.8) is 0 Å². The van der Waals surface area contributed by atoms with E-state index in [0.29, 0.717) is 124 Å². The van der Waals surface area contributed by atoms with E-state index in [9.17, 15) is 19.2 Å². The highest BCUT2D eigenvalue weighted by molar-refractivity contribution is 7.99. The van der Waals surface area contributed by atoms with Crippen molar-refractivity contribution in [1.29, 1.82) is 0 Å². The highest BCUT2D eigenvalue weighted by Crippen LogP contribution is 2.47. The van der Waals surface area contributed by atoms with Crippen molar-refractivity contribution < 1.29 is 48.2 Å². The first-order valence-electron chi connectivity index (χ1n) is 22.1. The van der Waals surface area contributed by atoms with Gasteiger partial charge in [-0.25, -0.2) is 0 Å². The van der Waals surface area contributed by atoms with Crippen LogP contribution in [0.5, 0.6) is 11.5 Å². The maximum absolute atomic E-state index is 13.6. The van der Waals surface area contributed by atoms with Gasteiger partial charge in [-0.15, -0.1) is 0 Å². The Morgan fingerprint density at radius 3 is 1.54 bits per heavy atom. The number of piperidine rings is 2. The number of esters is 2. The van der Waals surface area contributed by atoms with Crippen LogP contribution in [0.3, 0.4) is 0 Å². The molecule has 2 atom stereocenters. The molecule has 0 aromatic heterocycles. The molecule has 2 amide bonds. The summed E-state index contributed by atoms with van der Waals surface area (Å²) in [6.07, 6.45) is 10.7. The summed E-state index contributed by atoms with van der Waals surface area (Å²) in [5.41, 5.74) is 6.45. The zero-order chi connectivity index (χ0) is 45.5. The van der Waals surface area contributed by atoms with Gasteiger partial charge in [0, 0.05) is 83.2 Å². The normalized spacial score (nSPS) is 18.4. The Morgan fingerprint density at radius 1 is 0.662 bits per heavy atom. The molecule has 0 bridgehead atoms. The summed E-state index contributed by atoms with van der Waals surface area (Å²) in [7, 11) is 0. The van der Waals surface area contributed by atoms with Crippen LogP contribution in [-0.2, 0) is 51.3 Å². The Balaban J connectivity index is 1.13. The van der Waals surface area contributed by atoms with Gasteiger partial charge < -0.3 is 29.0 Å². The smallest absolute Gasteiger partial charge is 0.310 e. The van der Waals surface area contributed by atoms with E-state index in [-0.39, 0.29) is 35.6 Å². The zero-order valence-corrected chi connectivity index (χ0v) is 38.6. The lowest BCUT2D eigenvalue weighted by molar-refractivity contribution is -0.215. The van der Waals surface area contributed by atoms with Crippen LogP contribution in [0, 0.1) is 11.8 Å². The molecule has 0 N–H and O–H groups in total. The molecule has 2 saturated heterocycles. The van der Waals surface area contributed by atoms with Gasteiger partial charge in [0.15, 0.2) is 11.5 Å². The Hall–Kier alpha value is -5.31. The molecule has 4 aromatic carbocycles. The number of amides is 2. The molecule has 2 unspecified atom stereocenters. The third kappa shape index (κ3) is 10.7. The molecule has 0 radical (unpaired) electrons. The van der Waals surface area contributed by atoms with Crippen molar-refractivity contribution in [2.24, 2.45) is 11.8 Å². The van der Waals surface area contributed by atoms with Gasteiger partial charge in [-0.3, -0.25) is 19.2 Å².